The van der Waals surface area contributed by atoms with E-state index in [9.17, 15) is 4.79 Å². The molecule has 1 aromatic heterocycles. The highest BCUT2D eigenvalue weighted by Gasteiger charge is 2.37. The van der Waals surface area contributed by atoms with Gasteiger partial charge in [0.1, 0.15) is 6.10 Å². The molecule has 134 valence electrons. The van der Waals surface area contributed by atoms with E-state index in [1.54, 1.807) is 18.3 Å². The molecule has 2 heterocycles. The predicted octanol–water partition coefficient (Wildman–Crippen LogP) is 3.54. The molecule has 5 nitrogen and oxygen atoms in total. The van der Waals surface area contributed by atoms with Crippen LogP contribution in [0.3, 0.4) is 0 Å². The van der Waals surface area contributed by atoms with Crippen molar-refractivity contribution in [2.45, 2.75) is 58.0 Å². The number of ether oxygens (including phenoxy) is 1. The highest BCUT2D eigenvalue weighted by molar-refractivity contribution is 5.79. The van der Waals surface area contributed by atoms with Gasteiger partial charge in [-0.1, -0.05) is 26.2 Å². The van der Waals surface area contributed by atoms with Crippen LogP contribution in [0, 0.1) is 23.2 Å². The molecule has 2 fully saturated rings. The topological polar surface area (TPSA) is 66.2 Å². The van der Waals surface area contributed by atoms with Gasteiger partial charge in [-0.3, -0.25) is 4.79 Å². The first-order valence-corrected chi connectivity index (χ1v) is 9.51. The maximum absolute atomic E-state index is 12.6. The molecular weight excluding hydrogens is 314 g/mol. The SMILES string of the molecule is CCCCC1CCC(C(=O)N2CC(Oc3cc(C#N)ccn3)C2)CC1. The van der Waals surface area contributed by atoms with Crippen molar-refractivity contribution in [1.82, 2.24) is 9.88 Å². The van der Waals surface area contributed by atoms with Crippen LogP contribution in [0.2, 0.25) is 0 Å². The summed E-state index contributed by atoms with van der Waals surface area (Å²) in [6.07, 6.45) is 9.96. The first-order chi connectivity index (χ1) is 12.2. The van der Waals surface area contributed by atoms with Gasteiger partial charge in [0.2, 0.25) is 11.8 Å². The predicted molar refractivity (Wildman–Crippen MR) is 94.9 cm³/mol. The Balaban J connectivity index is 1.40. The third-order valence-electron chi connectivity index (χ3n) is 5.47. The fourth-order valence-corrected chi connectivity index (χ4v) is 3.86. The molecule has 1 aromatic rings. The normalized spacial score (nSPS) is 23.6. The second kappa shape index (κ2) is 8.33. The molecule has 0 radical (unpaired) electrons. The highest BCUT2D eigenvalue weighted by atomic mass is 16.5. The summed E-state index contributed by atoms with van der Waals surface area (Å²) in [4.78, 5) is 18.6. The summed E-state index contributed by atoms with van der Waals surface area (Å²) in [5.41, 5.74) is 0.539. The first-order valence-electron chi connectivity index (χ1n) is 9.51. The lowest BCUT2D eigenvalue weighted by Crippen LogP contribution is -2.57. The molecule has 5 heteroatoms. The van der Waals surface area contributed by atoms with Crippen molar-refractivity contribution in [3.8, 4) is 11.9 Å². The van der Waals surface area contributed by atoms with Crippen LogP contribution in [0.25, 0.3) is 0 Å². The molecule has 3 rings (SSSR count). The van der Waals surface area contributed by atoms with Gasteiger partial charge >= 0.3 is 0 Å². The second-order valence-electron chi connectivity index (χ2n) is 7.34. The van der Waals surface area contributed by atoms with Gasteiger partial charge in [-0.05, 0) is 37.7 Å². The molecule has 0 atom stereocenters. The van der Waals surface area contributed by atoms with Gasteiger partial charge in [-0.15, -0.1) is 0 Å². The van der Waals surface area contributed by atoms with Crippen LogP contribution in [0.5, 0.6) is 5.88 Å². The van der Waals surface area contributed by atoms with Gasteiger partial charge < -0.3 is 9.64 Å². The van der Waals surface area contributed by atoms with Gasteiger partial charge in [0.25, 0.3) is 0 Å². The maximum Gasteiger partial charge on any atom is 0.225 e. The zero-order valence-corrected chi connectivity index (χ0v) is 15.0. The fraction of sp³-hybridized carbons (Fsp3) is 0.650. The Morgan fingerprint density at radius 1 is 1.36 bits per heavy atom. The van der Waals surface area contributed by atoms with E-state index in [1.807, 2.05) is 4.90 Å². The Kier molecular flexibility index (Phi) is 5.91. The smallest absolute Gasteiger partial charge is 0.225 e. The monoisotopic (exact) mass is 341 g/mol. The molecule has 1 aliphatic carbocycles. The molecule has 0 aromatic carbocycles. The third-order valence-corrected chi connectivity index (χ3v) is 5.47. The molecule has 2 aliphatic rings. The number of likely N-dealkylation sites (tertiary alicyclic amines) is 1. The summed E-state index contributed by atoms with van der Waals surface area (Å²) >= 11 is 0. The van der Waals surface area contributed by atoms with Crippen molar-refractivity contribution in [2.75, 3.05) is 13.1 Å². The number of carbonyl (C=O) groups is 1. The number of unbranched alkanes of at least 4 members (excludes halogenated alkanes) is 1. The van der Waals surface area contributed by atoms with E-state index in [4.69, 9.17) is 10.00 Å². The summed E-state index contributed by atoms with van der Waals surface area (Å²) in [5.74, 6) is 1.80. The Morgan fingerprint density at radius 3 is 2.80 bits per heavy atom. The lowest BCUT2D eigenvalue weighted by Gasteiger charge is -2.41. The number of amides is 1. The van der Waals surface area contributed by atoms with Crippen molar-refractivity contribution in [3.05, 3.63) is 23.9 Å². The zero-order chi connectivity index (χ0) is 17.6. The molecule has 25 heavy (non-hydrogen) atoms. The minimum atomic E-state index is -0.00807. The molecule has 0 unspecified atom stereocenters. The second-order valence-corrected chi connectivity index (χ2v) is 7.34. The Morgan fingerprint density at radius 2 is 2.12 bits per heavy atom. The number of aromatic nitrogens is 1. The molecule has 0 N–H and O–H groups in total. The first kappa shape index (κ1) is 17.7. The van der Waals surface area contributed by atoms with Gasteiger partial charge in [-0.25, -0.2) is 4.98 Å². The van der Waals surface area contributed by atoms with Crippen LogP contribution in [0.15, 0.2) is 18.3 Å². The summed E-state index contributed by atoms with van der Waals surface area (Å²) < 4.78 is 5.77. The highest BCUT2D eigenvalue weighted by Crippen LogP contribution is 2.33. The van der Waals surface area contributed by atoms with Gasteiger partial charge in [0.15, 0.2) is 0 Å². The van der Waals surface area contributed by atoms with Crippen LogP contribution in [-0.2, 0) is 4.79 Å². The van der Waals surface area contributed by atoms with Gasteiger partial charge in [0.05, 0.1) is 24.7 Å². The zero-order valence-electron chi connectivity index (χ0n) is 15.0. The van der Waals surface area contributed by atoms with Gasteiger partial charge in [0, 0.05) is 18.2 Å². The van der Waals surface area contributed by atoms with Crippen molar-refractivity contribution >= 4 is 5.91 Å². The molecule has 1 saturated heterocycles. The molecule has 0 spiro atoms. The average Bonchev–Trinajstić information content (AvgIpc) is 2.62. The van der Waals surface area contributed by atoms with Crippen molar-refractivity contribution in [3.63, 3.8) is 0 Å². The number of pyridine rings is 1. The average molecular weight is 341 g/mol. The van der Waals surface area contributed by atoms with Crippen LogP contribution in [0.4, 0.5) is 0 Å². The summed E-state index contributed by atoms with van der Waals surface area (Å²) in [6.45, 7) is 3.50. The number of carbonyl (C=O) groups excluding carboxylic acids is 1. The number of hydrogen-bond acceptors (Lipinski definition) is 4. The standard InChI is InChI=1S/C20H27N3O2/c1-2-3-4-15-5-7-17(8-6-15)20(24)23-13-18(14-23)25-19-11-16(12-21)9-10-22-19/h9-11,15,17-18H,2-8,13-14H2,1H3. The van der Waals surface area contributed by atoms with E-state index in [1.165, 1.54) is 32.1 Å². The summed E-state index contributed by atoms with van der Waals surface area (Å²) in [7, 11) is 0. The van der Waals surface area contributed by atoms with Crippen molar-refractivity contribution in [2.24, 2.45) is 11.8 Å². The molecule has 1 amide bonds. The van der Waals surface area contributed by atoms with Crippen molar-refractivity contribution < 1.29 is 9.53 Å². The van der Waals surface area contributed by atoms with Crippen LogP contribution in [-0.4, -0.2) is 35.0 Å². The van der Waals surface area contributed by atoms with Crippen LogP contribution in [0.1, 0.15) is 57.4 Å². The van der Waals surface area contributed by atoms with E-state index >= 15 is 0 Å². The summed E-state index contributed by atoms with van der Waals surface area (Å²) in [5, 5.41) is 8.91. The van der Waals surface area contributed by atoms with E-state index < -0.39 is 0 Å². The van der Waals surface area contributed by atoms with Gasteiger partial charge in [-0.2, -0.15) is 5.26 Å². The van der Waals surface area contributed by atoms with Crippen LogP contribution < -0.4 is 4.74 Å². The molecule has 1 aliphatic heterocycles. The maximum atomic E-state index is 12.6. The number of rotatable bonds is 6. The van der Waals surface area contributed by atoms with Crippen molar-refractivity contribution in [1.29, 1.82) is 5.26 Å². The minimum absolute atomic E-state index is 0.00807. The largest absolute Gasteiger partial charge is 0.471 e. The molecule has 0 bridgehead atoms. The lowest BCUT2D eigenvalue weighted by molar-refractivity contribution is -0.146. The third kappa shape index (κ3) is 4.50. The van der Waals surface area contributed by atoms with E-state index in [2.05, 4.69) is 18.0 Å². The van der Waals surface area contributed by atoms with Crippen LogP contribution >= 0.6 is 0 Å². The quantitative estimate of drug-likeness (QED) is 0.794. The van der Waals surface area contributed by atoms with E-state index in [0.29, 0.717) is 30.4 Å². The minimum Gasteiger partial charge on any atom is -0.471 e. The fourth-order valence-electron chi connectivity index (χ4n) is 3.86. The van der Waals surface area contributed by atoms with E-state index in [0.717, 1.165) is 18.8 Å². The Hall–Kier alpha value is -2.09. The number of nitrogens with zero attached hydrogens (tertiary/aromatic N) is 3. The molecular formula is C20H27N3O2. The summed E-state index contributed by atoms with van der Waals surface area (Å²) in [6, 6.07) is 5.37. The lowest BCUT2D eigenvalue weighted by atomic mass is 9.79. The Labute approximate surface area is 150 Å². The van der Waals surface area contributed by atoms with E-state index in [-0.39, 0.29) is 12.0 Å². The number of hydrogen-bond donors (Lipinski definition) is 0. The molecule has 1 saturated carbocycles. The number of nitriles is 1. The Bertz CT molecular complexity index is 626.